The zero-order valence-electron chi connectivity index (χ0n) is 17.0. The normalized spacial score (nSPS) is 19.5. The summed E-state index contributed by atoms with van der Waals surface area (Å²) >= 11 is 6.38. The lowest BCUT2D eigenvalue weighted by atomic mass is 9.80. The minimum absolute atomic E-state index is 0.249. The van der Waals surface area contributed by atoms with E-state index in [-0.39, 0.29) is 5.39 Å². The van der Waals surface area contributed by atoms with Crippen LogP contribution >= 0.6 is 11.6 Å². The van der Waals surface area contributed by atoms with E-state index < -0.39 is 23.8 Å². The largest absolute Gasteiger partial charge is 0.406 e. The van der Waals surface area contributed by atoms with Gasteiger partial charge in [0.15, 0.2) is 0 Å². The standard InChI is InChI=1S/C23H23ClF3N3O/c1-15-19(4-2-5-20(15)24)22(9-3-10-28-13-22)29-17-7-6-16-8-11-30(14-23(25,26)27)21(31)18(16)12-17/h2,4-8,11-12,28-29H,3,9-10,13-14H2,1H3. The average Bonchev–Trinajstić information content (AvgIpc) is 2.72. The van der Waals surface area contributed by atoms with E-state index in [1.54, 1.807) is 12.1 Å². The highest BCUT2D eigenvalue weighted by molar-refractivity contribution is 6.31. The first kappa shape index (κ1) is 21.7. The summed E-state index contributed by atoms with van der Waals surface area (Å²) in [5.74, 6) is 0. The molecule has 1 aliphatic rings. The van der Waals surface area contributed by atoms with Gasteiger partial charge in [0.25, 0.3) is 5.56 Å². The van der Waals surface area contributed by atoms with E-state index in [4.69, 9.17) is 11.6 Å². The molecule has 3 aromatic rings. The number of alkyl halides is 3. The predicted molar refractivity (Wildman–Crippen MR) is 118 cm³/mol. The van der Waals surface area contributed by atoms with Crippen molar-refractivity contribution in [3.05, 3.63) is 75.2 Å². The van der Waals surface area contributed by atoms with Crippen LogP contribution in [0.3, 0.4) is 0 Å². The van der Waals surface area contributed by atoms with Crippen LogP contribution in [0.5, 0.6) is 0 Å². The minimum atomic E-state index is -4.46. The number of hydrogen-bond acceptors (Lipinski definition) is 3. The average molecular weight is 450 g/mol. The zero-order chi connectivity index (χ0) is 22.2. The monoisotopic (exact) mass is 449 g/mol. The Morgan fingerprint density at radius 1 is 1.23 bits per heavy atom. The van der Waals surface area contributed by atoms with Crippen molar-refractivity contribution >= 4 is 28.1 Å². The van der Waals surface area contributed by atoms with Gasteiger partial charge in [-0.25, -0.2) is 0 Å². The maximum absolute atomic E-state index is 12.8. The van der Waals surface area contributed by atoms with Gasteiger partial charge in [-0.15, -0.1) is 0 Å². The molecule has 2 aromatic carbocycles. The number of benzene rings is 2. The number of halogens is 4. The van der Waals surface area contributed by atoms with Gasteiger partial charge in [0.05, 0.1) is 5.54 Å². The van der Waals surface area contributed by atoms with E-state index in [2.05, 4.69) is 10.6 Å². The molecule has 0 saturated carbocycles. The molecule has 1 aromatic heterocycles. The van der Waals surface area contributed by atoms with Crippen molar-refractivity contribution in [3.63, 3.8) is 0 Å². The molecular formula is C23H23ClF3N3O. The molecule has 2 heterocycles. The SMILES string of the molecule is Cc1c(Cl)cccc1C1(Nc2ccc3ccn(CC(F)(F)F)c(=O)c3c2)CCCNC1. The van der Waals surface area contributed by atoms with E-state index in [1.807, 2.05) is 31.2 Å². The van der Waals surface area contributed by atoms with Crippen LogP contribution in [0.25, 0.3) is 10.8 Å². The summed E-state index contributed by atoms with van der Waals surface area (Å²) in [5, 5.41) is 8.53. The Labute approximate surface area is 183 Å². The Hall–Kier alpha value is -2.51. The maximum atomic E-state index is 12.8. The molecule has 1 fully saturated rings. The Morgan fingerprint density at radius 3 is 2.74 bits per heavy atom. The van der Waals surface area contributed by atoms with Crippen molar-refractivity contribution in [3.8, 4) is 0 Å². The highest BCUT2D eigenvalue weighted by Gasteiger charge is 2.35. The number of hydrogen-bond donors (Lipinski definition) is 2. The van der Waals surface area contributed by atoms with Crippen molar-refractivity contribution in [1.82, 2.24) is 9.88 Å². The van der Waals surface area contributed by atoms with Crippen LogP contribution in [0, 0.1) is 6.92 Å². The van der Waals surface area contributed by atoms with Gasteiger partial charge >= 0.3 is 6.18 Å². The first-order valence-corrected chi connectivity index (χ1v) is 10.5. The zero-order valence-corrected chi connectivity index (χ0v) is 17.8. The fourth-order valence-corrected chi connectivity index (χ4v) is 4.56. The van der Waals surface area contributed by atoms with Gasteiger partial charge in [-0.05, 0) is 67.1 Å². The molecule has 1 aliphatic heterocycles. The van der Waals surface area contributed by atoms with Crippen LogP contribution in [-0.2, 0) is 12.1 Å². The van der Waals surface area contributed by atoms with Gasteiger partial charge in [-0.1, -0.05) is 29.8 Å². The molecular weight excluding hydrogens is 427 g/mol. The molecule has 4 rings (SSSR count). The molecule has 1 unspecified atom stereocenters. The van der Waals surface area contributed by atoms with Gasteiger partial charge in [0, 0.05) is 28.8 Å². The van der Waals surface area contributed by atoms with Crippen molar-refractivity contribution < 1.29 is 13.2 Å². The van der Waals surface area contributed by atoms with Gasteiger partial charge < -0.3 is 15.2 Å². The molecule has 1 atom stereocenters. The summed E-state index contributed by atoms with van der Waals surface area (Å²) < 4.78 is 39.2. The molecule has 8 heteroatoms. The number of nitrogens with zero attached hydrogens (tertiary/aromatic N) is 1. The number of nitrogens with one attached hydrogen (secondary N) is 2. The number of aromatic nitrogens is 1. The number of fused-ring (bicyclic) bond motifs is 1. The quantitative estimate of drug-likeness (QED) is 0.574. The third kappa shape index (κ3) is 4.43. The molecule has 0 aliphatic carbocycles. The van der Waals surface area contributed by atoms with Crippen molar-refractivity contribution in [2.45, 2.75) is 38.0 Å². The Bertz CT molecular complexity index is 1170. The topological polar surface area (TPSA) is 46.1 Å². The number of anilines is 1. The highest BCUT2D eigenvalue weighted by Crippen LogP contribution is 2.37. The summed E-state index contributed by atoms with van der Waals surface area (Å²) in [6, 6.07) is 12.6. The summed E-state index contributed by atoms with van der Waals surface area (Å²) in [7, 11) is 0. The van der Waals surface area contributed by atoms with E-state index in [0.29, 0.717) is 27.2 Å². The first-order chi connectivity index (χ1) is 14.7. The van der Waals surface area contributed by atoms with Crippen LogP contribution in [0.15, 0.2) is 53.5 Å². The highest BCUT2D eigenvalue weighted by atomic mass is 35.5. The van der Waals surface area contributed by atoms with Crippen molar-refractivity contribution in [1.29, 1.82) is 0 Å². The molecule has 2 N–H and O–H groups in total. The van der Waals surface area contributed by atoms with Crippen LogP contribution in [0.4, 0.5) is 18.9 Å². The van der Waals surface area contributed by atoms with E-state index in [1.165, 1.54) is 12.3 Å². The lowest BCUT2D eigenvalue weighted by Gasteiger charge is -2.41. The van der Waals surface area contributed by atoms with Crippen LogP contribution in [-0.4, -0.2) is 23.8 Å². The minimum Gasteiger partial charge on any atom is -0.374 e. The molecule has 0 spiro atoms. The third-order valence-electron chi connectivity index (χ3n) is 5.88. The molecule has 1 saturated heterocycles. The molecule has 4 nitrogen and oxygen atoms in total. The molecule has 0 bridgehead atoms. The van der Waals surface area contributed by atoms with E-state index >= 15 is 0 Å². The predicted octanol–water partition coefficient (Wildman–Crippen LogP) is 5.22. The summed E-state index contributed by atoms with van der Waals surface area (Å²) in [6.45, 7) is 2.24. The van der Waals surface area contributed by atoms with Gasteiger partial charge in [0.1, 0.15) is 6.54 Å². The second-order valence-corrected chi connectivity index (χ2v) is 8.47. The van der Waals surface area contributed by atoms with Crippen LogP contribution in [0.1, 0.15) is 24.0 Å². The molecule has 31 heavy (non-hydrogen) atoms. The Balaban J connectivity index is 1.77. The Kier molecular flexibility index (Phi) is 5.75. The fraction of sp³-hybridized carbons (Fsp3) is 0.348. The molecule has 0 radical (unpaired) electrons. The number of pyridine rings is 1. The van der Waals surface area contributed by atoms with Gasteiger partial charge in [-0.3, -0.25) is 4.79 Å². The number of piperidine rings is 1. The smallest absolute Gasteiger partial charge is 0.374 e. The molecule has 164 valence electrons. The summed E-state index contributed by atoms with van der Waals surface area (Å²) in [6.07, 6.45) is -1.47. The number of rotatable bonds is 4. The second kappa shape index (κ2) is 8.20. The van der Waals surface area contributed by atoms with Crippen molar-refractivity contribution in [2.75, 3.05) is 18.4 Å². The lowest BCUT2D eigenvalue weighted by molar-refractivity contribution is -0.141. The summed E-state index contributed by atoms with van der Waals surface area (Å²) in [5.41, 5.74) is 1.62. The maximum Gasteiger partial charge on any atom is 0.406 e. The van der Waals surface area contributed by atoms with Gasteiger partial charge in [-0.2, -0.15) is 13.2 Å². The first-order valence-electron chi connectivity index (χ1n) is 10.1. The third-order valence-corrected chi connectivity index (χ3v) is 6.29. The van der Waals surface area contributed by atoms with Crippen molar-refractivity contribution in [2.24, 2.45) is 0 Å². The lowest BCUT2D eigenvalue weighted by Crippen LogP contribution is -2.49. The second-order valence-electron chi connectivity index (χ2n) is 8.07. The van der Waals surface area contributed by atoms with Crippen LogP contribution in [0.2, 0.25) is 5.02 Å². The summed E-state index contributed by atoms with van der Waals surface area (Å²) in [4.78, 5) is 12.7. The fourth-order valence-electron chi connectivity index (χ4n) is 4.39. The van der Waals surface area contributed by atoms with Crippen LogP contribution < -0.4 is 16.2 Å². The molecule has 0 amide bonds. The van der Waals surface area contributed by atoms with Gasteiger partial charge in [0.2, 0.25) is 0 Å². The van der Waals surface area contributed by atoms with E-state index in [0.717, 1.165) is 30.5 Å². The van der Waals surface area contributed by atoms with E-state index in [9.17, 15) is 18.0 Å². The Morgan fingerprint density at radius 2 is 2.03 bits per heavy atom.